The van der Waals surface area contributed by atoms with Crippen LogP contribution in [0.15, 0.2) is 0 Å². The smallest absolute Gasteiger partial charge is 0.158 e. The van der Waals surface area contributed by atoms with Gasteiger partial charge in [0, 0.05) is 13.6 Å². The predicted octanol–water partition coefficient (Wildman–Crippen LogP) is 3.75. The van der Waals surface area contributed by atoms with Gasteiger partial charge in [0.1, 0.15) is 11.3 Å². The second-order valence-corrected chi connectivity index (χ2v) is 7.63. The maximum absolute atomic E-state index is 6.14. The van der Waals surface area contributed by atoms with E-state index >= 15 is 0 Å². The number of aromatic nitrogens is 4. The molecule has 1 saturated carbocycles. The molecule has 0 unspecified atom stereocenters. The summed E-state index contributed by atoms with van der Waals surface area (Å²) in [5, 5.41) is 4.59. The minimum Gasteiger partial charge on any atom is -0.312 e. The summed E-state index contributed by atoms with van der Waals surface area (Å²) in [6, 6.07) is 0. The van der Waals surface area contributed by atoms with Gasteiger partial charge in [-0.25, -0.2) is 4.98 Å². The lowest BCUT2D eigenvalue weighted by atomic mass is 10.0. The van der Waals surface area contributed by atoms with Crippen LogP contribution >= 0.6 is 11.6 Å². The average Bonchev–Trinajstić information content (AvgIpc) is 2.80. The van der Waals surface area contributed by atoms with E-state index in [0.29, 0.717) is 22.6 Å². The number of hydrogen-bond acceptors (Lipinski definition) is 2. The maximum atomic E-state index is 6.14. The van der Waals surface area contributed by atoms with Gasteiger partial charge in [0.2, 0.25) is 0 Å². The summed E-state index contributed by atoms with van der Waals surface area (Å²) in [6.45, 7) is 12.5. The van der Waals surface area contributed by atoms with Crippen molar-refractivity contribution in [3.63, 3.8) is 0 Å². The number of fused-ring (bicyclic) bond motifs is 1. The van der Waals surface area contributed by atoms with E-state index in [1.807, 2.05) is 11.7 Å². The molecule has 0 spiro atoms. The second-order valence-electron chi connectivity index (χ2n) is 7.36. The molecule has 0 saturated heterocycles. The van der Waals surface area contributed by atoms with Crippen molar-refractivity contribution >= 4 is 22.8 Å². The fourth-order valence-electron chi connectivity index (χ4n) is 3.79. The van der Waals surface area contributed by atoms with E-state index in [9.17, 15) is 0 Å². The first kappa shape index (κ1) is 14.9. The Balaban J connectivity index is 2.08. The Kier molecular flexibility index (Phi) is 3.18. The summed E-state index contributed by atoms with van der Waals surface area (Å²) >= 11 is 6.14. The van der Waals surface area contributed by atoms with Gasteiger partial charge in [0.15, 0.2) is 5.65 Å². The topological polar surface area (TPSA) is 35.6 Å². The van der Waals surface area contributed by atoms with Crippen molar-refractivity contribution in [2.45, 2.75) is 53.5 Å². The van der Waals surface area contributed by atoms with Gasteiger partial charge >= 0.3 is 0 Å². The fraction of sp³-hybridized carbons (Fsp3) is 0.750. The van der Waals surface area contributed by atoms with Crippen LogP contribution in [0.25, 0.3) is 11.2 Å². The molecule has 21 heavy (non-hydrogen) atoms. The zero-order valence-electron chi connectivity index (χ0n) is 13.9. The van der Waals surface area contributed by atoms with Gasteiger partial charge in [-0.2, -0.15) is 5.10 Å². The van der Waals surface area contributed by atoms with E-state index in [0.717, 1.165) is 35.6 Å². The molecule has 2 heterocycles. The molecule has 2 aromatic heterocycles. The molecular formula is C16H25ClN4. The van der Waals surface area contributed by atoms with Crippen molar-refractivity contribution in [3.05, 3.63) is 11.5 Å². The highest BCUT2D eigenvalue weighted by Gasteiger charge is 2.64. The van der Waals surface area contributed by atoms with Crippen molar-refractivity contribution in [2.75, 3.05) is 0 Å². The quantitative estimate of drug-likeness (QED) is 0.806. The van der Waals surface area contributed by atoms with Crippen LogP contribution in [-0.2, 0) is 25.9 Å². The van der Waals surface area contributed by atoms with Gasteiger partial charge < -0.3 is 4.57 Å². The lowest BCUT2D eigenvalue weighted by Gasteiger charge is -2.09. The highest BCUT2D eigenvalue weighted by Crippen LogP contribution is 2.69. The lowest BCUT2D eigenvalue weighted by molar-refractivity contribution is 0.457. The number of alkyl halides is 1. The first-order valence-corrected chi connectivity index (χ1v) is 8.26. The number of aryl methyl sites for hydroxylation is 2. The van der Waals surface area contributed by atoms with Crippen molar-refractivity contribution < 1.29 is 0 Å². The van der Waals surface area contributed by atoms with Crippen LogP contribution in [0.2, 0.25) is 0 Å². The molecule has 3 rings (SSSR count). The van der Waals surface area contributed by atoms with Crippen LogP contribution in [-0.4, -0.2) is 19.3 Å². The zero-order valence-corrected chi connectivity index (χ0v) is 14.6. The van der Waals surface area contributed by atoms with Gasteiger partial charge in [0.05, 0.1) is 11.6 Å². The van der Waals surface area contributed by atoms with E-state index in [4.69, 9.17) is 16.6 Å². The summed E-state index contributed by atoms with van der Waals surface area (Å²) < 4.78 is 4.25. The molecule has 116 valence electrons. The largest absolute Gasteiger partial charge is 0.312 e. The molecule has 5 heteroatoms. The number of halogens is 1. The summed E-state index contributed by atoms with van der Waals surface area (Å²) in [4.78, 5) is 4.75. The lowest BCUT2D eigenvalue weighted by Crippen LogP contribution is -2.10. The molecule has 0 N–H and O–H groups in total. The third-order valence-corrected chi connectivity index (χ3v) is 6.25. The van der Waals surface area contributed by atoms with Crippen molar-refractivity contribution in [1.82, 2.24) is 19.3 Å². The van der Waals surface area contributed by atoms with E-state index in [1.165, 1.54) is 0 Å². The van der Waals surface area contributed by atoms with Crippen molar-refractivity contribution in [3.8, 4) is 0 Å². The summed E-state index contributed by atoms with van der Waals surface area (Å²) in [7, 11) is 2.00. The molecule has 1 aliphatic rings. The number of imidazole rings is 1. The number of hydrogen-bond donors (Lipinski definition) is 0. The Hall–Kier alpha value is -1.03. The van der Waals surface area contributed by atoms with Crippen LogP contribution < -0.4 is 0 Å². The van der Waals surface area contributed by atoms with Crippen LogP contribution in [0.4, 0.5) is 0 Å². The molecule has 0 aliphatic heterocycles. The van der Waals surface area contributed by atoms with Crippen LogP contribution in [0.1, 0.15) is 46.1 Å². The Morgan fingerprint density at radius 2 is 1.81 bits per heavy atom. The molecular weight excluding hydrogens is 284 g/mol. The zero-order chi connectivity index (χ0) is 15.6. The first-order chi connectivity index (χ1) is 9.75. The standard InChI is InChI=1S/C16H25ClN4/c1-7-10-13-14(20(6)19-10)21(12(8-17)18-13)9-11-15(2,3)16(11,4)5/h11H,7-9H2,1-6H3. The van der Waals surface area contributed by atoms with Gasteiger partial charge in [-0.3, -0.25) is 4.68 Å². The minimum absolute atomic E-state index is 0.360. The SMILES string of the molecule is CCc1nn(C)c2c1nc(CCl)n2CC1C(C)(C)C1(C)C. The van der Waals surface area contributed by atoms with Crippen LogP contribution in [0.3, 0.4) is 0 Å². The maximum Gasteiger partial charge on any atom is 0.158 e. The van der Waals surface area contributed by atoms with Crippen molar-refractivity contribution in [2.24, 2.45) is 23.8 Å². The third kappa shape index (κ3) is 1.88. The molecule has 0 bridgehead atoms. The Morgan fingerprint density at radius 1 is 1.19 bits per heavy atom. The van der Waals surface area contributed by atoms with Crippen LogP contribution in [0.5, 0.6) is 0 Å². The summed E-state index contributed by atoms with van der Waals surface area (Å²) in [5.74, 6) is 2.06. The Bertz CT molecular complexity index is 679. The van der Waals surface area contributed by atoms with Gasteiger partial charge in [0.25, 0.3) is 0 Å². The molecule has 0 amide bonds. The second kappa shape index (κ2) is 4.48. The normalized spacial score (nSPS) is 20.3. The molecule has 4 nitrogen and oxygen atoms in total. The van der Waals surface area contributed by atoms with Crippen LogP contribution in [0, 0.1) is 16.7 Å². The Labute approximate surface area is 131 Å². The summed E-state index contributed by atoms with van der Waals surface area (Å²) in [6.07, 6.45) is 0.899. The molecule has 1 aliphatic carbocycles. The average molecular weight is 309 g/mol. The highest BCUT2D eigenvalue weighted by molar-refractivity contribution is 6.16. The first-order valence-electron chi connectivity index (χ1n) is 7.72. The van der Waals surface area contributed by atoms with E-state index in [1.54, 1.807) is 0 Å². The van der Waals surface area contributed by atoms with Gasteiger partial charge in [-0.15, -0.1) is 11.6 Å². The van der Waals surface area contributed by atoms with Gasteiger partial charge in [-0.1, -0.05) is 34.6 Å². The molecule has 1 fully saturated rings. The number of nitrogens with zero attached hydrogens (tertiary/aromatic N) is 4. The molecule has 0 radical (unpaired) electrons. The van der Waals surface area contributed by atoms with E-state index in [2.05, 4.69) is 44.3 Å². The summed E-state index contributed by atoms with van der Waals surface area (Å²) in [5.41, 5.74) is 3.92. The van der Waals surface area contributed by atoms with E-state index in [-0.39, 0.29) is 0 Å². The van der Waals surface area contributed by atoms with Gasteiger partial charge in [-0.05, 0) is 23.2 Å². The molecule has 2 aromatic rings. The fourth-order valence-corrected chi connectivity index (χ4v) is 4.00. The van der Waals surface area contributed by atoms with E-state index < -0.39 is 0 Å². The highest BCUT2D eigenvalue weighted by atomic mass is 35.5. The predicted molar refractivity (Wildman–Crippen MR) is 86.5 cm³/mol. The third-order valence-electron chi connectivity index (χ3n) is 6.01. The molecule has 0 aromatic carbocycles. The number of rotatable bonds is 4. The van der Waals surface area contributed by atoms with Crippen molar-refractivity contribution in [1.29, 1.82) is 0 Å². The minimum atomic E-state index is 0.360. The Morgan fingerprint density at radius 3 is 2.29 bits per heavy atom. The monoisotopic (exact) mass is 308 g/mol. The molecule has 0 atom stereocenters.